The van der Waals surface area contributed by atoms with Gasteiger partial charge in [0, 0.05) is 24.4 Å². The summed E-state index contributed by atoms with van der Waals surface area (Å²) in [6.45, 7) is 6.03. The highest BCUT2D eigenvalue weighted by molar-refractivity contribution is 7.94. The Kier molecular flexibility index (Phi) is 8.59. The number of unbranched alkanes of at least 4 members (excludes halogenated alkanes) is 1. The van der Waals surface area contributed by atoms with Crippen LogP contribution in [-0.2, 0) is 19.4 Å². The highest BCUT2D eigenvalue weighted by Crippen LogP contribution is 2.42. The molecule has 2 aromatic carbocycles. The molecule has 2 N–H and O–H groups in total. The number of anilines is 2. The van der Waals surface area contributed by atoms with Gasteiger partial charge in [0.05, 0.1) is 17.2 Å². The molecule has 3 rings (SSSR count). The summed E-state index contributed by atoms with van der Waals surface area (Å²) in [7, 11) is 0. The predicted octanol–water partition coefficient (Wildman–Crippen LogP) is 6.09. The van der Waals surface area contributed by atoms with Crippen LogP contribution in [-0.4, -0.2) is 24.8 Å². The van der Waals surface area contributed by atoms with E-state index in [4.69, 9.17) is 13.8 Å². The number of oxime groups is 1. The van der Waals surface area contributed by atoms with Crippen LogP contribution in [0.25, 0.3) is 0 Å². The SMILES string of the molecule is CCC1(CC)OC(=O)Nc2ccc(OCCCC=NOSc3ccc(NC(C)=O)cc3)cc21. The molecular formula is C24H29N3O5S. The molecule has 0 bridgehead atoms. The maximum absolute atomic E-state index is 11.9. The van der Waals surface area contributed by atoms with Crippen LogP contribution in [0.15, 0.2) is 52.5 Å². The number of amides is 2. The fourth-order valence-corrected chi connectivity index (χ4v) is 3.99. The average molecular weight is 472 g/mol. The van der Waals surface area contributed by atoms with Crippen LogP contribution < -0.4 is 15.4 Å². The quantitative estimate of drug-likeness (QED) is 0.178. The van der Waals surface area contributed by atoms with Crippen molar-refractivity contribution < 1.29 is 23.3 Å². The lowest BCUT2D eigenvalue weighted by atomic mass is 9.86. The van der Waals surface area contributed by atoms with E-state index in [9.17, 15) is 9.59 Å². The van der Waals surface area contributed by atoms with Gasteiger partial charge in [0.2, 0.25) is 5.91 Å². The van der Waals surface area contributed by atoms with E-state index in [1.165, 1.54) is 6.92 Å². The van der Waals surface area contributed by atoms with Gasteiger partial charge >= 0.3 is 6.09 Å². The molecule has 176 valence electrons. The molecule has 0 radical (unpaired) electrons. The molecule has 1 heterocycles. The Labute approximate surface area is 198 Å². The third-order valence-corrected chi connectivity index (χ3v) is 5.95. The maximum atomic E-state index is 11.9. The number of rotatable bonds is 11. The Morgan fingerprint density at radius 2 is 1.97 bits per heavy atom. The molecule has 0 saturated heterocycles. The second-order valence-corrected chi connectivity index (χ2v) is 8.35. The molecule has 33 heavy (non-hydrogen) atoms. The molecule has 1 aliphatic heterocycles. The Balaban J connectivity index is 1.40. The molecule has 0 atom stereocenters. The zero-order valence-corrected chi connectivity index (χ0v) is 19.9. The lowest BCUT2D eigenvalue weighted by Gasteiger charge is -2.37. The van der Waals surface area contributed by atoms with Crippen LogP contribution in [0.1, 0.15) is 52.0 Å². The van der Waals surface area contributed by atoms with E-state index in [0.717, 1.165) is 46.0 Å². The number of nitrogens with one attached hydrogen (secondary N) is 2. The highest BCUT2D eigenvalue weighted by Gasteiger charge is 2.39. The monoisotopic (exact) mass is 471 g/mol. The third kappa shape index (κ3) is 6.64. The average Bonchev–Trinajstić information content (AvgIpc) is 2.81. The lowest BCUT2D eigenvalue weighted by Crippen LogP contribution is -2.38. The molecule has 0 saturated carbocycles. The van der Waals surface area contributed by atoms with Crippen LogP contribution >= 0.6 is 12.0 Å². The lowest BCUT2D eigenvalue weighted by molar-refractivity contribution is -0.114. The molecule has 8 nitrogen and oxygen atoms in total. The van der Waals surface area contributed by atoms with Crippen molar-refractivity contribution in [2.45, 2.75) is 57.0 Å². The molecule has 0 unspecified atom stereocenters. The summed E-state index contributed by atoms with van der Waals surface area (Å²) in [4.78, 5) is 23.8. The van der Waals surface area contributed by atoms with Gasteiger partial charge in [-0.15, -0.1) is 0 Å². The van der Waals surface area contributed by atoms with E-state index < -0.39 is 11.7 Å². The van der Waals surface area contributed by atoms with Crippen molar-refractivity contribution in [3.8, 4) is 5.75 Å². The summed E-state index contributed by atoms with van der Waals surface area (Å²) >= 11 is 1.14. The second-order valence-electron chi connectivity index (χ2n) is 7.57. The Hall–Kier alpha value is -3.20. The van der Waals surface area contributed by atoms with Gasteiger partial charge in [0.15, 0.2) is 0 Å². The topological polar surface area (TPSA) is 98.2 Å². The molecule has 2 aromatic rings. The zero-order valence-electron chi connectivity index (χ0n) is 19.1. The minimum absolute atomic E-state index is 0.107. The number of fused-ring (bicyclic) bond motifs is 1. The first-order chi connectivity index (χ1) is 16.0. The molecule has 0 aromatic heterocycles. The van der Waals surface area contributed by atoms with Gasteiger partial charge in [-0.1, -0.05) is 19.0 Å². The molecule has 9 heteroatoms. The third-order valence-electron chi connectivity index (χ3n) is 5.32. The van der Waals surface area contributed by atoms with Crippen molar-refractivity contribution in [2.75, 3.05) is 17.2 Å². The van der Waals surface area contributed by atoms with Crippen molar-refractivity contribution >= 4 is 41.6 Å². The number of ether oxygens (including phenoxy) is 2. The zero-order chi connectivity index (χ0) is 23.7. The molecule has 2 amide bonds. The summed E-state index contributed by atoms with van der Waals surface area (Å²) < 4.78 is 16.8. The first-order valence-corrected chi connectivity index (χ1v) is 11.7. The van der Waals surface area contributed by atoms with Crippen molar-refractivity contribution in [3.63, 3.8) is 0 Å². The fraction of sp³-hybridized carbons (Fsp3) is 0.375. The normalized spacial score (nSPS) is 14.2. The number of carbonyl (C=O) groups excluding carboxylic acids is 2. The van der Waals surface area contributed by atoms with E-state index in [-0.39, 0.29) is 5.91 Å². The summed E-state index contributed by atoms with van der Waals surface area (Å²) in [5.41, 5.74) is 1.83. The summed E-state index contributed by atoms with van der Waals surface area (Å²) in [6.07, 6.45) is 4.17. The first kappa shape index (κ1) is 24.4. The minimum atomic E-state index is -0.622. The van der Waals surface area contributed by atoms with E-state index >= 15 is 0 Å². The Bertz CT molecular complexity index is 990. The van der Waals surface area contributed by atoms with E-state index in [2.05, 4.69) is 15.8 Å². The van der Waals surface area contributed by atoms with Gasteiger partial charge in [-0.2, -0.15) is 0 Å². The molecule has 0 fully saturated rings. The Morgan fingerprint density at radius 1 is 1.21 bits per heavy atom. The fourth-order valence-electron chi connectivity index (χ4n) is 3.55. The molecule has 0 aliphatic carbocycles. The van der Waals surface area contributed by atoms with E-state index in [1.807, 2.05) is 44.2 Å². The van der Waals surface area contributed by atoms with Gasteiger partial charge in [-0.3, -0.25) is 10.1 Å². The van der Waals surface area contributed by atoms with Crippen molar-refractivity contribution in [2.24, 2.45) is 5.16 Å². The highest BCUT2D eigenvalue weighted by atomic mass is 32.2. The van der Waals surface area contributed by atoms with Gasteiger partial charge in [-0.05, 0) is 68.1 Å². The smallest absolute Gasteiger partial charge is 0.412 e. The molecular weight excluding hydrogens is 442 g/mol. The number of benzene rings is 2. The second kappa shape index (κ2) is 11.6. The van der Waals surface area contributed by atoms with Crippen LogP contribution in [0.3, 0.4) is 0 Å². The van der Waals surface area contributed by atoms with Gasteiger partial charge < -0.3 is 19.1 Å². The van der Waals surface area contributed by atoms with Gasteiger partial charge in [0.25, 0.3) is 0 Å². The van der Waals surface area contributed by atoms with E-state index in [0.29, 0.717) is 25.9 Å². The molecule has 0 spiro atoms. The first-order valence-electron chi connectivity index (χ1n) is 11.0. The van der Waals surface area contributed by atoms with Crippen molar-refractivity contribution in [1.82, 2.24) is 0 Å². The summed E-state index contributed by atoms with van der Waals surface area (Å²) in [5, 5.41) is 9.42. The maximum Gasteiger partial charge on any atom is 0.412 e. The van der Waals surface area contributed by atoms with Crippen LogP contribution in [0.5, 0.6) is 5.75 Å². The largest absolute Gasteiger partial charge is 0.494 e. The number of hydrogen-bond donors (Lipinski definition) is 2. The van der Waals surface area contributed by atoms with Crippen LogP contribution in [0.4, 0.5) is 16.2 Å². The summed E-state index contributed by atoms with van der Waals surface area (Å²) in [6, 6.07) is 13.0. The van der Waals surface area contributed by atoms with Crippen molar-refractivity contribution in [1.29, 1.82) is 0 Å². The predicted molar refractivity (Wildman–Crippen MR) is 130 cm³/mol. The standard InChI is InChI=1S/C24H29N3O5S/c1-4-24(5-2)21-16-19(10-13-22(21)27-23(29)31-24)30-15-7-6-14-25-32-33-20-11-8-18(9-12-20)26-17(3)28/h8-14,16H,4-7,15H2,1-3H3,(H,26,28)(H,27,29). The molecule has 1 aliphatic rings. The minimum Gasteiger partial charge on any atom is -0.494 e. The Morgan fingerprint density at radius 3 is 2.67 bits per heavy atom. The number of hydrogen-bond acceptors (Lipinski definition) is 7. The number of carbonyl (C=O) groups is 2. The van der Waals surface area contributed by atoms with Crippen LogP contribution in [0, 0.1) is 0 Å². The summed E-state index contributed by atoms with van der Waals surface area (Å²) in [5.74, 6) is 0.635. The van der Waals surface area contributed by atoms with Gasteiger partial charge in [0.1, 0.15) is 23.4 Å². The number of cyclic esters (lactones) is 1. The van der Waals surface area contributed by atoms with E-state index in [1.54, 1.807) is 18.3 Å². The van der Waals surface area contributed by atoms with Gasteiger partial charge in [-0.25, -0.2) is 4.79 Å². The van der Waals surface area contributed by atoms with Crippen molar-refractivity contribution in [3.05, 3.63) is 48.0 Å². The number of nitrogens with zero attached hydrogens (tertiary/aromatic N) is 1. The van der Waals surface area contributed by atoms with Crippen LogP contribution in [0.2, 0.25) is 0 Å².